The average molecular weight is 386 g/mol. The smallest absolute Gasteiger partial charge is 0.251 e. The van der Waals surface area contributed by atoms with Crippen molar-refractivity contribution in [2.75, 3.05) is 39.4 Å². The van der Waals surface area contributed by atoms with Crippen LogP contribution in [0, 0.1) is 0 Å². The maximum absolute atomic E-state index is 12.4. The lowest BCUT2D eigenvalue weighted by Gasteiger charge is -2.35. The Balaban J connectivity index is 1.29. The molecule has 28 heavy (non-hydrogen) atoms. The fourth-order valence-electron chi connectivity index (χ4n) is 3.60. The van der Waals surface area contributed by atoms with Gasteiger partial charge in [0.05, 0.1) is 13.2 Å². The van der Waals surface area contributed by atoms with E-state index in [9.17, 15) is 4.79 Å². The number of rotatable bonds is 6. The third kappa shape index (κ3) is 4.34. The molecule has 4 rings (SSSR count). The summed E-state index contributed by atoms with van der Waals surface area (Å²) in [6.07, 6.45) is 1.58. The van der Waals surface area contributed by atoms with Crippen molar-refractivity contribution >= 4 is 5.91 Å². The number of hydrogen-bond acceptors (Lipinski definition) is 7. The predicted octanol–water partition coefficient (Wildman–Crippen LogP) is 1.96. The third-order valence-electron chi connectivity index (χ3n) is 5.14. The first kappa shape index (κ1) is 18.9. The van der Waals surface area contributed by atoms with Crippen molar-refractivity contribution < 1.29 is 18.8 Å². The van der Waals surface area contributed by atoms with E-state index >= 15 is 0 Å². The number of amides is 1. The average Bonchev–Trinajstić information content (AvgIpc) is 3.41. The van der Waals surface area contributed by atoms with E-state index in [1.807, 2.05) is 36.1 Å². The summed E-state index contributed by atoms with van der Waals surface area (Å²) in [5, 5.41) is 4.09. The van der Waals surface area contributed by atoms with Crippen molar-refractivity contribution in [2.45, 2.75) is 32.4 Å². The molecule has 1 amide bonds. The largest absolute Gasteiger partial charge is 0.494 e. The van der Waals surface area contributed by atoms with Crippen LogP contribution in [0.2, 0.25) is 0 Å². The lowest BCUT2D eigenvalue weighted by molar-refractivity contribution is -0.142. The van der Waals surface area contributed by atoms with Crippen LogP contribution in [0.5, 0.6) is 5.75 Å². The number of hydrogen-bond donors (Lipinski definition) is 0. The molecule has 0 aliphatic carbocycles. The Kier molecular flexibility index (Phi) is 5.87. The van der Waals surface area contributed by atoms with Gasteiger partial charge in [0.25, 0.3) is 5.91 Å². The Hall–Kier alpha value is -2.45. The summed E-state index contributed by atoms with van der Waals surface area (Å²) in [6.45, 7) is 6.88. The highest BCUT2D eigenvalue weighted by Gasteiger charge is 2.30. The molecule has 2 aromatic rings. The van der Waals surface area contributed by atoms with Crippen molar-refractivity contribution in [1.82, 2.24) is 19.9 Å². The van der Waals surface area contributed by atoms with Gasteiger partial charge in [-0.05, 0) is 44.0 Å². The van der Waals surface area contributed by atoms with Crippen molar-refractivity contribution in [3.05, 3.63) is 30.2 Å². The summed E-state index contributed by atoms with van der Waals surface area (Å²) < 4.78 is 16.4. The highest BCUT2D eigenvalue weighted by atomic mass is 16.5. The lowest BCUT2D eigenvalue weighted by Crippen LogP contribution is -2.51. The molecular weight excluding hydrogens is 360 g/mol. The van der Waals surface area contributed by atoms with Gasteiger partial charge in [-0.15, -0.1) is 0 Å². The van der Waals surface area contributed by atoms with Crippen LogP contribution in [0.25, 0.3) is 11.4 Å². The SMILES string of the molecule is CCOc1ccc(-c2noc(CN3CCN(C(=O)C4CCCO4)CC3)n2)cc1. The molecule has 0 saturated carbocycles. The number of carbonyl (C=O) groups is 1. The molecule has 2 fully saturated rings. The molecule has 0 radical (unpaired) electrons. The van der Waals surface area contributed by atoms with Crippen molar-refractivity contribution in [3.8, 4) is 17.1 Å². The molecule has 1 unspecified atom stereocenters. The molecule has 8 heteroatoms. The number of nitrogens with zero attached hydrogens (tertiary/aromatic N) is 4. The van der Waals surface area contributed by atoms with Crippen LogP contribution >= 0.6 is 0 Å². The van der Waals surface area contributed by atoms with Gasteiger partial charge in [-0.2, -0.15) is 4.98 Å². The fraction of sp³-hybridized carbons (Fsp3) is 0.550. The Morgan fingerprint density at radius 1 is 1.21 bits per heavy atom. The Morgan fingerprint density at radius 2 is 2.00 bits per heavy atom. The molecule has 1 aromatic heterocycles. The van der Waals surface area contributed by atoms with E-state index < -0.39 is 0 Å². The summed E-state index contributed by atoms with van der Waals surface area (Å²) in [7, 11) is 0. The summed E-state index contributed by atoms with van der Waals surface area (Å²) in [5.74, 6) is 2.12. The van der Waals surface area contributed by atoms with Crippen molar-refractivity contribution in [2.24, 2.45) is 0 Å². The van der Waals surface area contributed by atoms with E-state index in [1.165, 1.54) is 0 Å². The van der Waals surface area contributed by atoms with E-state index in [4.69, 9.17) is 14.0 Å². The molecule has 1 atom stereocenters. The Labute approximate surface area is 164 Å². The van der Waals surface area contributed by atoms with Gasteiger partial charge in [0.2, 0.25) is 11.7 Å². The molecule has 2 aliphatic rings. The summed E-state index contributed by atoms with van der Waals surface area (Å²) in [5.41, 5.74) is 0.894. The highest BCUT2D eigenvalue weighted by Crippen LogP contribution is 2.21. The molecule has 0 N–H and O–H groups in total. The van der Waals surface area contributed by atoms with E-state index in [2.05, 4.69) is 15.0 Å². The van der Waals surface area contributed by atoms with Gasteiger partial charge in [0.1, 0.15) is 11.9 Å². The minimum atomic E-state index is -0.237. The molecule has 3 heterocycles. The quantitative estimate of drug-likeness (QED) is 0.751. The van der Waals surface area contributed by atoms with Gasteiger partial charge < -0.3 is 18.9 Å². The zero-order valence-electron chi connectivity index (χ0n) is 16.2. The standard InChI is InChI=1S/C20H26N4O4/c1-2-26-16-7-5-15(6-8-16)19-21-18(28-22-19)14-23-9-11-24(12-10-23)20(25)17-4-3-13-27-17/h5-8,17H,2-4,9-14H2,1H3. The van der Waals surface area contributed by atoms with Gasteiger partial charge in [-0.1, -0.05) is 5.16 Å². The van der Waals surface area contributed by atoms with E-state index in [1.54, 1.807) is 0 Å². The first-order valence-electron chi connectivity index (χ1n) is 9.91. The zero-order valence-corrected chi connectivity index (χ0v) is 16.2. The van der Waals surface area contributed by atoms with Crippen LogP contribution in [0.3, 0.4) is 0 Å². The fourth-order valence-corrected chi connectivity index (χ4v) is 3.60. The van der Waals surface area contributed by atoms with Crippen LogP contribution in [-0.4, -0.2) is 71.3 Å². The Bertz CT molecular complexity index is 778. The van der Waals surface area contributed by atoms with Crippen LogP contribution in [0.1, 0.15) is 25.7 Å². The molecule has 2 aliphatic heterocycles. The normalized spacial score (nSPS) is 20.5. The zero-order chi connectivity index (χ0) is 19.3. The van der Waals surface area contributed by atoms with E-state index in [0.717, 1.165) is 37.2 Å². The van der Waals surface area contributed by atoms with E-state index in [0.29, 0.717) is 44.6 Å². The number of benzene rings is 1. The van der Waals surface area contributed by atoms with Gasteiger partial charge in [0.15, 0.2) is 0 Å². The summed E-state index contributed by atoms with van der Waals surface area (Å²) in [4.78, 5) is 21.1. The maximum Gasteiger partial charge on any atom is 0.251 e. The molecule has 1 aromatic carbocycles. The van der Waals surface area contributed by atoms with Crippen molar-refractivity contribution in [3.63, 3.8) is 0 Å². The topological polar surface area (TPSA) is 80.9 Å². The highest BCUT2D eigenvalue weighted by molar-refractivity contribution is 5.81. The number of aromatic nitrogens is 2. The van der Waals surface area contributed by atoms with Crippen LogP contribution in [0.15, 0.2) is 28.8 Å². The lowest BCUT2D eigenvalue weighted by atomic mass is 10.2. The predicted molar refractivity (Wildman–Crippen MR) is 102 cm³/mol. The minimum absolute atomic E-state index is 0.132. The molecule has 150 valence electrons. The molecular formula is C20H26N4O4. The summed E-state index contributed by atoms with van der Waals surface area (Å²) in [6, 6.07) is 7.66. The van der Waals surface area contributed by atoms with Gasteiger partial charge >= 0.3 is 0 Å². The van der Waals surface area contributed by atoms with Crippen LogP contribution in [0.4, 0.5) is 0 Å². The minimum Gasteiger partial charge on any atom is -0.494 e. The third-order valence-corrected chi connectivity index (χ3v) is 5.14. The first-order chi connectivity index (χ1) is 13.7. The van der Waals surface area contributed by atoms with Gasteiger partial charge in [-0.25, -0.2) is 0 Å². The number of piperazine rings is 1. The second-order valence-corrected chi connectivity index (χ2v) is 7.07. The van der Waals surface area contributed by atoms with Crippen LogP contribution in [-0.2, 0) is 16.1 Å². The van der Waals surface area contributed by atoms with Gasteiger partial charge in [-0.3, -0.25) is 9.69 Å². The molecule has 2 saturated heterocycles. The van der Waals surface area contributed by atoms with Crippen LogP contribution < -0.4 is 4.74 Å². The molecule has 8 nitrogen and oxygen atoms in total. The number of ether oxygens (including phenoxy) is 2. The second-order valence-electron chi connectivity index (χ2n) is 7.07. The number of carbonyl (C=O) groups excluding carboxylic acids is 1. The van der Waals surface area contributed by atoms with Crippen molar-refractivity contribution in [1.29, 1.82) is 0 Å². The first-order valence-corrected chi connectivity index (χ1v) is 9.91. The summed E-state index contributed by atoms with van der Waals surface area (Å²) >= 11 is 0. The Morgan fingerprint density at radius 3 is 2.68 bits per heavy atom. The molecule has 0 bridgehead atoms. The maximum atomic E-state index is 12.4. The van der Waals surface area contributed by atoms with Gasteiger partial charge in [0, 0.05) is 38.3 Å². The monoisotopic (exact) mass is 386 g/mol. The molecule has 0 spiro atoms. The van der Waals surface area contributed by atoms with E-state index in [-0.39, 0.29) is 12.0 Å². The second kappa shape index (κ2) is 8.70.